The van der Waals surface area contributed by atoms with E-state index in [4.69, 9.17) is 4.74 Å². The number of nitrogens with one attached hydrogen (secondary N) is 1. The summed E-state index contributed by atoms with van der Waals surface area (Å²) < 4.78 is 5.40. The molecule has 1 aliphatic heterocycles. The van der Waals surface area contributed by atoms with Gasteiger partial charge in [-0.25, -0.2) is 4.79 Å². The van der Waals surface area contributed by atoms with Gasteiger partial charge < -0.3 is 10.1 Å². The Kier molecular flexibility index (Phi) is 5.88. The molecular formula is C24H26N2O2. The Morgan fingerprint density at radius 1 is 0.929 bits per heavy atom. The lowest BCUT2D eigenvalue weighted by atomic mass is 9.97. The molecule has 0 aromatic heterocycles. The third-order valence-electron chi connectivity index (χ3n) is 5.42. The van der Waals surface area contributed by atoms with Gasteiger partial charge in [-0.15, -0.1) is 0 Å². The van der Waals surface area contributed by atoms with Gasteiger partial charge in [0.1, 0.15) is 6.61 Å². The largest absolute Gasteiger partial charge is 0.445 e. The Morgan fingerprint density at radius 2 is 1.64 bits per heavy atom. The van der Waals surface area contributed by atoms with Gasteiger partial charge >= 0.3 is 6.09 Å². The second-order valence-electron chi connectivity index (χ2n) is 7.27. The minimum absolute atomic E-state index is 0.151. The number of benzene rings is 3. The summed E-state index contributed by atoms with van der Waals surface area (Å²) in [4.78, 5) is 14.8. The number of carbonyl (C=O) groups is 1. The van der Waals surface area contributed by atoms with Crippen molar-refractivity contribution in [2.24, 2.45) is 0 Å². The Morgan fingerprint density at radius 3 is 2.46 bits per heavy atom. The summed E-state index contributed by atoms with van der Waals surface area (Å²) in [5, 5.41) is 5.47. The van der Waals surface area contributed by atoms with Crippen LogP contribution in [0.15, 0.2) is 72.8 Å². The first kappa shape index (κ1) is 18.5. The number of ether oxygens (including phenoxy) is 1. The highest BCUT2D eigenvalue weighted by atomic mass is 16.5. The maximum atomic E-state index is 12.3. The molecule has 1 heterocycles. The molecule has 4 rings (SSSR count). The maximum absolute atomic E-state index is 12.3. The molecule has 0 saturated carbocycles. The van der Waals surface area contributed by atoms with Crippen LogP contribution in [0.4, 0.5) is 4.79 Å². The molecule has 1 fully saturated rings. The highest BCUT2D eigenvalue weighted by molar-refractivity contribution is 5.86. The number of hydrogen-bond donors (Lipinski definition) is 1. The molecule has 1 amide bonds. The molecule has 3 aromatic rings. The van der Waals surface area contributed by atoms with E-state index in [2.05, 4.69) is 52.7 Å². The van der Waals surface area contributed by atoms with E-state index in [1.54, 1.807) is 0 Å². The van der Waals surface area contributed by atoms with Crippen LogP contribution in [0.25, 0.3) is 10.8 Å². The van der Waals surface area contributed by atoms with E-state index in [1.165, 1.54) is 29.2 Å². The van der Waals surface area contributed by atoms with Crippen molar-refractivity contribution in [2.45, 2.75) is 25.5 Å². The number of amides is 1. The zero-order chi connectivity index (χ0) is 19.2. The minimum atomic E-state index is -0.367. The lowest BCUT2D eigenvalue weighted by molar-refractivity contribution is 0.134. The van der Waals surface area contributed by atoms with Gasteiger partial charge in [0, 0.05) is 6.54 Å². The van der Waals surface area contributed by atoms with Crippen LogP contribution in [0, 0.1) is 0 Å². The molecule has 4 nitrogen and oxygen atoms in total. The summed E-state index contributed by atoms with van der Waals surface area (Å²) in [5.41, 5.74) is 2.26. The van der Waals surface area contributed by atoms with Crippen LogP contribution >= 0.6 is 0 Å². The fourth-order valence-corrected chi connectivity index (χ4v) is 3.98. The predicted molar refractivity (Wildman–Crippen MR) is 112 cm³/mol. The third kappa shape index (κ3) is 4.34. The summed E-state index contributed by atoms with van der Waals surface area (Å²) in [6.45, 7) is 2.96. The SMILES string of the molecule is O=C(NC[C@H](c1cccc2ccccc12)N1CCCC1)OCc1ccccc1. The van der Waals surface area contributed by atoms with Crippen molar-refractivity contribution < 1.29 is 9.53 Å². The number of rotatable bonds is 6. The molecular weight excluding hydrogens is 348 g/mol. The zero-order valence-electron chi connectivity index (χ0n) is 16.0. The van der Waals surface area contributed by atoms with Gasteiger partial charge in [0.25, 0.3) is 0 Å². The van der Waals surface area contributed by atoms with Gasteiger partial charge in [-0.05, 0) is 47.8 Å². The van der Waals surface area contributed by atoms with Crippen LogP contribution in [0.5, 0.6) is 0 Å². The first-order valence-corrected chi connectivity index (χ1v) is 9.97. The number of alkyl carbamates (subject to hydrolysis) is 1. The molecule has 0 spiro atoms. The van der Waals surface area contributed by atoms with E-state index in [0.29, 0.717) is 6.54 Å². The topological polar surface area (TPSA) is 41.6 Å². The van der Waals surface area contributed by atoms with Crippen molar-refractivity contribution in [3.05, 3.63) is 83.9 Å². The molecule has 0 bridgehead atoms. The summed E-state index contributed by atoms with van der Waals surface area (Å²) in [6.07, 6.45) is 2.05. The predicted octanol–water partition coefficient (Wildman–Crippen LogP) is 4.90. The van der Waals surface area contributed by atoms with Crippen LogP contribution < -0.4 is 5.32 Å². The molecule has 1 N–H and O–H groups in total. The van der Waals surface area contributed by atoms with E-state index in [0.717, 1.165) is 18.7 Å². The van der Waals surface area contributed by atoms with Crippen LogP contribution in [0.2, 0.25) is 0 Å². The van der Waals surface area contributed by atoms with E-state index in [-0.39, 0.29) is 18.7 Å². The number of fused-ring (bicyclic) bond motifs is 1. The Labute approximate surface area is 166 Å². The van der Waals surface area contributed by atoms with Crippen LogP contribution in [0.3, 0.4) is 0 Å². The fraction of sp³-hybridized carbons (Fsp3) is 0.292. The zero-order valence-corrected chi connectivity index (χ0v) is 16.0. The molecule has 4 heteroatoms. The van der Waals surface area contributed by atoms with Crippen molar-refractivity contribution in [3.8, 4) is 0 Å². The molecule has 0 aliphatic carbocycles. The van der Waals surface area contributed by atoms with E-state index in [1.807, 2.05) is 30.3 Å². The summed E-state index contributed by atoms with van der Waals surface area (Å²) in [6, 6.07) is 24.8. The Hall–Kier alpha value is -2.85. The van der Waals surface area contributed by atoms with Crippen molar-refractivity contribution >= 4 is 16.9 Å². The van der Waals surface area contributed by atoms with Gasteiger partial charge in [0.15, 0.2) is 0 Å². The Balaban J connectivity index is 1.47. The smallest absolute Gasteiger partial charge is 0.407 e. The summed E-state index contributed by atoms with van der Waals surface area (Å²) in [5.74, 6) is 0. The normalized spacial score (nSPS) is 15.4. The van der Waals surface area contributed by atoms with Gasteiger partial charge in [-0.2, -0.15) is 0 Å². The number of nitrogens with zero attached hydrogens (tertiary/aromatic N) is 1. The van der Waals surface area contributed by atoms with E-state index >= 15 is 0 Å². The lowest BCUT2D eigenvalue weighted by Crippen LogP contribution is -2.37. The Bertz CT molecular complexity index is 915. The van der Waals surface area contributed by atoms with Crippen LogP contribution in [0.1, 0.15) is 30.0 Å². The molecule has 3 aromatic carbocycles. The molecule has 1 atom stereocenters. The second-order valence-corrected chi connectivity index (χ2v) is 7.27. The van der Waals surface area contributed by atoms with Gasteiger partial charge in [-0.3, -0.25) is 4.90 Å². The number of likely N-dealkylation sites (tertiary alicyclic amines) is 1. The molecule has 28 heavy (non-hydrogen) atoms. The fourth-order valence-electron chi connectivity index (χ4n) is 3.98. The molecule has 1 saturated heterocycles. The van der Waals surface area contributed by atoms with Crippen molar-refractivity contribution in [1.29, 1.82) is 0 Å². The minimum Gasteiger partial charge on any atom is -0.445 e. The van der Waals surface area contributed by atoms with Crippen molar-refractivity contribution in [2.75, 3.05) is 19.6 Å². The molecule has 0 radical (unpaired) electrons. The van der Waals surface area contributed by atoms with Crippen molar-refractivity contribution in [3.63, 3.8) is 0 Å². The molecule has 1 aliphatic rings. The highest BCUT2D eigenvalue weighted by Crippen LogP contribution is 2.30. The third-order valence-corrected chi connectivity index (χ3v) is 5.42. The summed E-state index contributed by atoms with van der Waals surface area (Å²) >= 11 is 0. The van der Waals surface area contributed by atoms with Gasteiger partial charge in [0.2, 0.25) is 0 Å². The molecule has 144 valence electrons. The number of hydrogen-bond acceptors (Lipinski definition) is 3. The maximum Gasteiger partial charge on any atom is 0.407 e. The van der Waals surface area contributed by atoms with Gasteiger partial charge in [-0.1, -0.05) is 72.8 Å². The first-order chi connectivity index (χ1) is 13.8. The van der Waals surface area contributed by atoms with E-state index in [9.17, 15) is 4.79 Å². The van der Waals surface area contributed by atoms with Crippen molar-refractivity contribution in [1.82, 2.24) is 10.2 Å². The lowest BCUT2D eigenvalue weighted by Gasteiger charge is -2.29. The van der Waals surface area contributed by atoms with Crippen LogP contribution in [-0.2, 0) is 11.3 Å². The number of carbonyl (C=O) groups excluding carboxylic acids is 1. The average molecular weight is 374 g/mol. The highest BCUT2D eigenvalue weighted by Gasteiger charge is 2.25. The van der Waals surface area contributed by atoms with Gasteiger partial charge in [0.05, 0.1) is 6.04 Å². The first-order valence-electron chi connectivity index (χ1n) is 9.97. The summed E-state index contributed by atoms with van der Waals surface area (Å²) in [7, 11) is 0. The average Bonchev–Trinajstić information content (AvgIpc) is 3.28. The van der Waals surface area contributed by atoms with E-state index < -0.39 is 0 Å². The van der Waals surface area contributed by atoms with Crippen LogP contribution in [-0.4, -0.2) is 30.6 Å². The second kappa shape index (κ2) is 8.89. The standard InChI is InChI=1S/C24H26N2O2/c27-24(28-18-19-9-2-1-3-10-19)25-17-23(26-15-6-7-16-26)22-14-8-12-20-11-4-5-13-21(20)22/h1-5,8-14,23H,6-7,15-18H2,(H,25,27)/t23-/m1/s1. The quantitative estimate of drug-likeness (QED) is 0.667. The monoisotopic (exact) mass is 374 g/mol. The molecule has 0 unspecified atom stereocenters.